The van der Waals surface area contributed by atoms with Crippen molar-refractivity contribution in [1.29, 1.82) is 0 Å². The molecule has 2 atom stereocenters. The Morgan fingerprint density at radius 3 is 1.23 bits per heavy atom. The van der Waals surface area contributed by atoms with Crippen LogP contribution in [0.1, 0.15) is 33.4 Å². The van der Waals surface area contributed by atoms with Gasteiger partial charge in [-0.2, -0.15) is 0 Å². The number of aryl methyl sites for hydroxylation is 6. The van der Waals surface area contributed by atoms with Gasteiger partial charge in [0.1, 0.15) is 11.5 Å². The van der Waals surface area contributed by atoms with E-state index >= 15 is 0 Å². The van der Waals surface area contributed by atoms with Crippen LogP contribution in [0.5, 0.6) is 11.5 Å². The molecule has 1 fully saturated rings. The third-order valence-corrected chi connectivity index (χ3v) is 5.04. The van der Waals surface area contributed by atoms with Crippen LogP contribution in [-0.2, 0) is 19.1 Å². The first-order chi connectivity index (χ1) is 14.2. The van der Waals surface area contributed by atoms with E-state index in [4.69, 9.17) is 18.9 Å². The molecule has 0 aromatic heterocycles. The Hall–Kier alpha value is -2.70. The lowest BCUT2D eigenvalue weighted by atomic mass is 10.1. The van der Waals surface area contributed by atoms with Crippen LogP contribution in [0.25, 0.3) is 0 Å². The molecule has 2 aromatic carbocycles. The van der Waals surface area contributed by atoms with Crippen LogP contribution >= 0.6 is 0 Å². The quantitative estimate of drug-likeness (QED) is 0.561. The van der Waals surface area contributed by atoms with E-state index in [1.165, 1.54) is 0 Å². The van der Waals surface area contributed by atoms with Crippen LogP contribution in [0.4, 0.5) is 0 Å². The Morgan fingerprint density at radius 1 is 0.667 bits per heavy atom. The molecular weight excluding hydrogens is 384 g/mol. The summed E-state index contributed by atoms with van der Waals surface area (Å²) in [6, 6.07) is 7.81. The van der Waals surface area contributed by atoms with Crippen molar-refractivity contribution in [3.8, 4) is 11.5 Å². The predicted octanol–water partition coefficient (Wildman–Crippen LogP) is 3.83. The van der Waals surface area contributed by atoms with E-state index in [9.17, 15) is 9.59 Å². The van der Waals surface area contributed by atoms with Gasteiger partial charge in [0.25, 0.3) is 0 Å². The number of carbonyl (C=O) groups is 2. The van der Waals surface area contributed by atoms with Crippen LogP contribution in [-0.4, -0.2) is 37.4 Å². The van der Waals surface area contributed by atoms with Crippen LogP contribution in [0.3, 0.4) is 0 Å². The molecule has 1 heterocycles. The topological polar surface area (TPSA) is 71.1 Å². The molecule has 0 aliphatic carbocycles. The van der Waals surface area contributed by atoms with E-state index in [1.54, 1.807) is 0 Å². The molecule has 3 rings (SSSR count). The largest absolute Gasteiger partial charge is 0.424 e. The molecule has 6 nitrogen and oxygen atoms in total. The standard InChI is InChI=1S/C24H28O6/c1-13-7-15(3)21(16(4)8-13)29-23(25)19-11-28-20(12-27-19)24(26)30-22-17(5)9-14(2)10-18(22)6/h7-10,19-20H,11-12H2,1-6H3/t19-,20-/m0/s1. The van der Waals surface area contributed by atoms with Crippen molar-refractivity contribution < 1.29 is 28.5 Å². The Morgan fingerprint density at radius 2 is 0.967 bits per heavy atom. The highest BCUT2D eigenvalue weighted by molar-refractivity contribution is 5.80. The van der Waals surface area contributed by atoms with Gasteiger partial charge < -0.3 is 18.9 Å². The lowest BCUT2D eigenvalue weighted by Crippen LogP contribution is -2.46. The zero-order valence-corrected chi connectivity index (χ0v) is 18.3. The second-order valence-electron chi connectivity index (χ2n) is 7.94. The summed E-state index contributed by atoms with van der Waals surface area (Å²) in [5, 5.41) is 0. The monoisotopic (exact) mass is 412 g/mol. The maximum atomic E-state index is 12.5. The first-order valence-electron chi connectivity index (χ1n) is 9.98. The SMILES string of the molecule is Cc1cc(C)c(OC(=O)[C@@H]2CO[C@H](C(=O)Oc3c(C)cc(C)cc3C)CO2)c(C)c1. The highest BCUT2D eigenvalue weighted by Crippen LogP contribution is 2.27. The summed E-state index contributed by atoms with van der Waals surface area (Å²) in [6.45, 7) is 11.4. The highest BCUT2D eigenvalue weighted by atomic mass is 16.6. The molecule has 6 heteroatoms. The minimum Gasteiger partial charge on any atom is -0.424 e. The smallest absolute Gasteiger partial charge is 0.343 e. The van der Waals surface area contributed by atoms with Gasteiger partial charge >= 0.3 is 11.9 Å². The van der Waals surface area contributed by atoms with E-state index < -0.39 is 24.1 Å². The summed E-state index contributed by atoms with van der Waals surface area (Å²) in [5.41, 5.74) is 5.71. The van der Waals surface area contributed by atoms with Gasteiger partial charge in [-0.05, 0) is 63.8 Å². The summed E-state index contributed by atoms with van der Waals surface area (Å²) >= 11 is 0. The van der Waals surface area contributed by atoms with E-state index in [1.807, 2.05) is 65.8 Å². The van der Waals surface area contributed by atoms with Gasteiger partial charge in [0.2, 0.25) is 0 Å². The molecular formula is C24H28O6. The van der Waals surface area contributed by atoms with Crippen LogP contribution in [0.15, 0.2) is 24.3 Å². The van der Waals surface area contributed by atoms with Crippen molar-refractivity contribution >= 4 is 11.9 Å². The van der Waals surface area contributed by atoms with Crippen LogP contribution in [0.2, 0.25) is 0 Å². The number of rotatable bonds is 4. The molecule has 0 radical (unpaired) electrons. The maximum Gasteiger partial charge on any atom is 0.343 e. The van der Waals surface area contributed by atoms with Crippen molar-refractivity contribution in [2.75, 3.05) is 13.2 Å². The van der Waals surface area contributed by atoms with Gasteiger partial charge in [-0.15, -0.1) is 0 Å². The molecule has 0 spiro atoms. The molecule has 1 aliphatic heterocycles. The fourth-order valence-corrected chi connectivity index (χ4v) is 3.76. The van der Waals surface area contributed by atoms with Crippen LogP contribution < -0.4 is 9.47 Å². The van der Waals surface area contributed by atoms with Gasteiger partial charge in [-0.1, -0.05) is 35.4 Å². The van der Waals surface area contributed by atoms with Crippen molar-refractivity contribution in [3.05, 3.63) is 57.6 Å². The molecule has 0 saturated carbocycles. The maximum absolute atomic E-state index is 12.5. The molecule has 0 unspecified atom stereocenters. The normalized spacial score (nSPS) is 18.7. The van der Waals surface area contributed by atoms with Gasteiger partial charge in [0, 0.05) is 0 Å². The van der Waals surface area contributed by atoms with Crippen molar-refractivity contribution in [2.45, 2.75) is 53.8 Å². The van der Waals surface area contributed by atoms with Gasteiger partial charge in [0.05, 0.1) is 13.2 Å². The average Bonchev–Trinajstić information content (AvgIpc) is 2.67. The number of hydrogen-bond donors (Lipinski definition) is 0. The highest BCUT2D eigenvalue weighted by Gasteiger charge is 2.34. The number of benzene rings is 2. The summed E-state index contributed by atoms with van der Waals surface area (Å²) in [6.07, 6.45) is -1.78. The second kappa shape index (κ2) is 8.98. The summed E-state index contributed by atoms with van der Waals surface area (Å²) in [7, 11) is 0. The molecule has 0 bridgehead atoms. The summed E-state index contributed by atoms with van der Waals surface area (Å²) in [4.78, 5) is 25.0. The number of esters is 2. The molecule has 1 saturated heterocycles. The minimum atomic E-state index is -0.892. The van der Waals surface area contributed by atoms with Gasteiger partial charge in [-0.25, -0.2) is 9.59 Å². The Kier molecular flexibility index (Phi) is 6.58. The number of hydrogen-bond acceptors (Lipinski definition) is 6. The number of ether oxygens (including phenoxy) is 4. The van der Waals surface area contributed by atoms with Crippen molar-refractivity contribution in [1.82, 2.24) is 0 Å². The number of carbonyl (C=O) groups excluding carboxylic acids is 2. The molecule has 1 aliphatic rings. The third-order valence-electron chi connectivity index (χ3n) is 5.04. The van der Waals surface area contributed by atoms with E-state index in [0.717, 1.165) is 33.4 Å². The average molecular weight is 412 g/mol. The molecule has 0 N–H and O–H groups in total. The fraction of sp³-hybridized carbons (Fsp3) is 0.417. The lowest BCUT2D eigenvalue weighted by Gasteiger charge is -2.27. The van der Waals surface area contributed by atoms with E-state index in [-0.39, 0.29) is 13.2 Å². The van der Waals surface area contributed by atoms with Crippen molar-refractivity contribution in [3.63, 3.8) is 0 Å². The predicted molar refractivity (Wildman–Crippen MR) is 112 cm³/mol. The summed E-state index contributed by atoms with van der Waals surface area (Å²) in [5.74, 6) is -0.0219. The van der Waals surface area contributed by atoms with Crippen molar-refractivity contribution in [2.24, 2.45) is 0 Å². The molecule has 160 valence electrons. The molecule has 2 aromatic rings. The molecule has 30 heavy (non-hydrogen) atoms. The van der Waals surface area contributed by atoms with Crippen LogP contribution in [0, 0.1) is 41.5 Å². The first-order valence-corrected chi connectivity index (χ1v) is 9.98. The Bertz CT molecular complexity index is 844. The Labute approximate surface area is 177 Å². The zero-order valence-electron chi connectivity index (χ0n) is 18.3. The minimum absolute atomic E-state index is 0.0750. The van der Waals surface area contributed by atoms with Gasteiger partial charge in [-0.3, -0.25) is 0 Å². The third kappa shape index (κ3) is 4.89. The second-order valence-corrected chi connectivity index (χ2v) is 7.94. The van der Waals surface area contributed by atoms with Gasteiger partial charge in [0.15, 0.2) is 12.2 Å². The fourth-order valence-electron chi connectivity index (χ4n) is 3.76. The Balaban J connectivity index is 1.58. The summed E-state index contributed by atoms with van der Waals surface area (Å²) < 4.78 is 22.2. The zero-order chi connectivity index (χ0) is 22.0. The van der Waals surface area contributed by atoms with E-state index in [2.05, 4.69) is 0 Å². The lowest BCUT2D eigenvalue weighted by molar-refractivity contribution is -0.184. The first kappa shape index (κ1) is 22.0. The van der Waals surface area contributed by atoms with E-state index in [0.29, 0.717) is 11.5 Å². The molecule has 0 amide bonds.